The van der Waals surface area contributed by atoms with E-state index in [9.17, 15) is 4.79 Å². The highest BCUT2D eigenvalue weighted by atomic mass is 28.5. The predicted octanol–water partition coefficient (Wildman–Crippen LogP) is 19.1. The van der Waals surface area contributed by atoms with Gasteiger partial charge in [0, 0.05) is 22.3 Å². The van der Waals surface area contributed by atoms with Crippen LogP contribution in [0.3, 0.4) is 0 Å². The molecule has 0 heterocycles. The molecule has 0 bridgehead atoms. The molecule has 0 aliphatic rings. The van der Waals surface area contributed by atoms with E-state index in [1.54, 1.807) is 0 Å². The SMILES string of the molecule is C[Si](C)(C)O[Si](C)(CCc1ccccc1C(=O)c1c(CC[Si](C)(O[Si](C)(C)C)O[Si](C)(C)C)cccc1CC[Si](C)(O[Si](C)(C)C)O[Si](C)(C)C)O[Si](C)(C)C.C[Si](C)(C)O[Si](C)(CCc1ccccc1C(=O)c1ccccc1)O[Si](C)(C)C. The molecule has 84 heavy (non-hydrogen) atoms. The highest BCUT2D eigenvalue weighted by Crippen LogP contribution is 2.34. The van der Waals surface area contributed by atoms with Crippen molar-refractivity contribution in [2.45, 2.75) is 233 Å². The number of carbonyl (C=O) groups is 2. The van der Waals surface area contributed by atoms with E-state index in [1.807, 2.05) is 60.7 Å². The Labute approximate surface area is 525 Å². The van der Waals surface area contributed by atoms with Crippen molar-refractivity contribution < 1.29 is 42.5 Å². The highest BCUT2D eigenvalue weighted by molar-refractivity contribution is 6.90. The van der Waals surface area contributed by atoms with Crippen molar-refractivity contribution in [2.75, 3.05) is 0 Å². The average Bonchev–Trinajstić information content (AvgIpc) is 3.27. The zero-order valence-electron chi connectivity index (χ0n) is 58.0. The Morgan fingerprint density at radius 1 is 0.262 bits per heavy atom. The Hall–Kier alpha value is -1.50. The molecular formula is C62H116O10Si12. The first-order valence-electron chi connectivity index (χ1n) is 30.8. The molecule has 0 aliphatic heterocycles. The lowest BCUT2D eigenvalue weighted by molar-refractivity contribution is 0.102. The van der Waals surface area contributed by atoms with Crippen LogP contribution in [0.15, 0.2) is 97.1 Å². The van der Waals surface area contributed by atoms with E-state index in [-0.39, 0.29) is 11.6 Å². The molecule has 4 aromatic carbocycles. The number of carbonyl (C=O) groups excluding carboxylic acids is 2. The third-order valence-corrected chi connectivity index (χ3v) is 50.6. The topological polar surface area (TPSA) is 108 Å². The van der Waals surface area contributed by atoms with Gasteiger partial charge in [-0.2, -0.15) is 0 Å². The lowest BCUT2D eigenvalue weighted by Crippen LogP contribution is -2.52. The normalized spacial score (nSPS) is 13.9. The molecule has 4 rings (SSSR count). The van der Waals surface area contributed by atoms with E-state index in [0.717, 1.165) is 94.4 Å². The van der Waals surface area contributed by atoms with E-state index in [4.69, 9.17) is 32.9 Å². The Balaban J connectivity index is 0.000000549. The number of hydrogen-bond acceptors (Lipinski definition) is 10. The minimum atomic E-state index is -2.57. The third kappa shape index (κ3) is 29.9. The molecule has 472 valence electrons. The van der Waals surface area contributed by atoms with Gasteiger partial charge in [-0.3, -0.25) is 9.59 Å². The summed E-state index contributed by atoms with van der Waals surface area (Å²) in [7, 11) is -24.8. The van der Waals surface area contributed by atoms with Crippen molar-refractivity contribution >= 4 is 112 Å². The average molecular weight is 1360 g/mol. The maximum Gasteiger partial charge on any atom is 0.314 e. The van der Waals surface area contributed by atoms with E-state index >= 15 is 4.79 Å². The Morgan fingerprint density at radius 2 is 0.476 bits per heavy atom. The second kappa shape index (κ2) is 30.1. The number of hydrogen-bond donors (Lipinski definition) is 0. The molecule has 0 unspecified atom stereocenters. The van der Waals surface area contributed by atoms with E-state index in [1.165, 1.54) is 0 Å². The fourth-order valence-corrected chi connectivity index (χ4v) is 61.1. The van der Waals surface area contributed by atoms with Crippen molar-refractivity contribution in [1.29, 1.82) is 0 Å². The molecule has 0 aromatic heterocycles. The van der Waals surface area contributed by atoms with E-state index in [0.29, 0.717) is 0 Å². The third-order valence-electron chi connectivity index (χ3n) is 12.6. The van der Waals surface area contributed by atoms with Gasteiger partial charge in [-0.25, -0.2) is 0 Å². The number of benzene rings is 4. The van der Waals surface area contributed by atoms with Crippen LogP contribution >= 0.6 is 0 Å². The summed E-state index contributed by atoms with van der Waals surface area (Å²) in [5, 5.41) is 0. The minimum Gasteiger partial charge on any atom is -0.437 e. The maximum absolute atomic E-state index is 15.3. The molecule has 4 aromatic rings. The van der Waals surface area contributed by atoms with Crippen LogP contribution < -0.4 is 0 Å². The van der Waals surface area contributed by atoms with Gasteiger partial charge >= 0.3 is 34.2 Å². The first kappa shape index (κ1) is 76.7. The first-order chi connectivity index (χ1) is 37.8. The lowest BCUT2D eigenvalue weighted by Gasteiger charge is -2.39. The Kier molecular flexibility index (Phi) is 27.5. The first-order valence-corrected chi connectivity index (χ1v) is 68.2. The van der Waals surface area contributed by atoms with Crippen molar-refractivity contribution in [2.24, 2.45) is 0 Å². The number of rotatable bonds is 32. The van der Waals surface area contributed by atoms with Gasteiger partial charge in [0.05, 0.1) is 0 Å². The summed E-state index contributed by atoms with van der Waals surface area (Å²) in [4.78, 5) is 28.4. The van der Waals surface area contributed by atoms with Gasteiger partial charge in [0.2, 0.25) is 0 Å². The van der Waals surface area contributed by atoms with Crippen LogP contribution in [-0.4, -0.2) is 112 Å². The van der Waals surface area contributed by atoms with Crippen molar-refractivity contribution in [3.8, 4) is 0 Å². The van der Waals surface area contributed by atoms with E-state index in [2.05, 4.69) is 220 Å². The number of ketones is 2. The summed E-state index contributed by atoms with van der Waals surface area (Å²) in [6.07, 6.45) is 2.97. The molecular weight excluding hydrogens is 1240 g/mol. The summed E-state index contributed by atoms with van der Waals surface area (Å²) >= 11 is 0. The minimum absolute atomic E-state index is 0.0804. The quantitative estimate of drug-likeness (QED) is 0.0346. The van der Waals surface area contributed by atoms with Gasteiger partial charge in [0.1, 0.15) is 0 Å². The zero-order valence-corrected chi connectivity index (χ0v) is 70.0. The molecule has 0 saturated carbocycles. The largest absolute Gasteiger partial charge is 0.437 e. The summed E-state index contributed by atoms with van der Waals surface area (Å²) in [6.45, 7) is 62.7. The molecule has 0 amide bonds. The molecule has 10 nitrogen and oxygen atoms in total. The molecule has 0 aliphatic carbocycles. The Morgan fingerprint density at radius 3 is 0.738 bits per heavy atom. The standard InChI is InChI=1S/C40H82O7Si9.C22H34O3Si3/c1-48(2,3)42-54(19,43-49(4,5)6)32-29-35-25-22-23-28-38(35)40(41)39-36(30-33-55(20,44-50(7,8)9)45-51(10,11)12)26-24-27-37(39)31-34-56(21,46-52(13,14)15)47-53(16,17)18;1-26(2,3)24-28(7,25-27(4,5)6)18-17-19-13-11-12-16-21(19)22(23)20-14-9-8-10-15-20/h22-28H,29-34H2,1-21H3;8-16H,17-18H2,1-7H3. The lowest BCUT2D eigenvalue weighted by atomic mass is 9.89. The van der Waals surface area contributed by atoms with Crippen molar-refractivity contribution in [3.63, 3.8) is 0 Å². The molecule has 0 radical (unpaired) electrons. The van der Waals surface area contributed by atoms with Gasteiger partial charge in [0.25, 0.3) is 0 Å². The summed E-state index contributed by atoms with van der Waals surface area (Å²) < 4.78 is 54.8. The second-order valence-corrected chi connectivity index (χ2v) is 82.9. The highest BCUT2D eigenvalue weighted by Gasteiger charge is 2.44. The van der Waals surface area contributed by atoms with Gasteiger partial charge in [-0.15, -0.1) is 0 Å². The second-order valence-electron chi connectivity index (χ2n) is 31.5. The molecule has 0 saturated heterocycles. The van der Waals surface area contributed by atoms with Gasteiger partial charge in [-0.05, 0) is 255 Å². The van der Waals surface area contributed by atoms with Crippen molar-refractivity contribution in [1.82, 2.24) is 0 Å². The zero-order chi connectivity index (χ0) is 64.4. The van der Waals surface area contributed by atoms with Crippen LogP contribution in [0.5, 0.6) is 0 Å². The summed E-state index contributed by atoms with van der Waals surface area (Å²) in [5.41, 5.74) is 7.39. The summed E-state index contributed by atoms with van der Waals surface area (Å²) in [5.74, 6) is 0.171. The maximum atomic E-state index is 15.3. The molecule has 0 fully saturated rings. The van der Waals surface area contributed by atoms with Crippen LogP contribution in [0.25, 0.3) is 0 Å². The van der Waals surface area contributed by atoms with E-state index < -0.39 is 101 Å². The van der Waals surface area contributed by atoms with Crippen LogP contribution in [0.4, 0.5) is 0 Å². The fourth-order valence-electron chi connectivity index (χ4n) is 11.3. The smallest absolute Gasteiger partial charge is 0.314 e. The van der Waals surface area contributed by atoms with Gasteiger partial charge < -0.3 is 32.9 Å². The predicted molar refractivity (Wildman–Crippen MR) is 389 cm³/mol. The van der Waals surface area contributed by atoms with Crippen LogP contribution in [-0.2, 0) is 58.6 Å². The van der Waals surface area contributed by atoms with Crippen LogP contribution in [0.1, 0.15) is 54.1 Å². The Bertz CT molecular complexity index is 2620. The van der Waals surface area contributed by atoms with Gasteiger partial charge in [0.15, 0.2) is 78.1 Å². The molecule has 22 heteroatoms. The van der Waals surface area contributed by atoms with Crippen molar-refractivity contribution in [3.05, 3.63) is 142 Å². The van der Waals surface area contributed by atoms with Crippen LogP contribution in [0, 0.1) is 0 Å². The summed E-state index contributed by atoms with van der Waals surface area (Å²) in [6, 6.07) is 35.4. The monoisotopic (exact) mass is 1360 g/mol. The number of aryl methyl sites for hydroxylation is 4. The van der Waals surface area contributed by atoms with Crippen LogP contribution in [0.2, 0.25) is 207 Å². The molecule has 0 N–H and O–H groups in total. The van der Waals surface area contributed by atoms with Gasteiger partial charge in [-0.1, -0.05) is 97.1 Å². The molecule has 0 spiro atoms. The fraction of sp³-hybridized carbons (Fsp3) is 0.581. The molecule has 0 atom stereocenters.